The SMILES string of the molecule is Cc1c(C(=O)O)ccc2nn(CC3CCN(C(=O)c4ccc(Oc5ccc(C(F)(F)F)cc5)cc4)CC3)cc12. The van der Waals surface area contributed by atoms with E-state index in [-0.39, 0.29) is 17.2 Å². The molecule has 0 atom stereocenters. The molecule has 0 radical (unpaired) electrons. The van der Waals surface area contributed by atoms with Crippen LogP contribution in [0.5, 0.6) is 11.5 Å². The Kier molecular flexibility index (Phi) is 7.03. The maximum absolute atomic E-state index is 13.0. The zero-order valence-corrected chi connectivity index (χ0v) is 21.1. The number of benzene rings is 3. The Bertz CT molecular complexity index is 1500. The summed E-state index contributed by atoms with van der Waals surface area (Å²) in [7, 11) is 0. The smallest absolute Gasteiger partial charge is 0.416 e. The van der Waals surface area contributed by atoms with E-state index in [4.69, 9.17) is 4.74 Å². The number of alkyl halides is 3. The number of aromatic nitrogens is 2. The van der Waals surface area contributed by atoms with Crippen molar-refractivity contribution >= 4 is 22.8 Å². The van der Waals surface area contributed by atoms with Crippen LogP contribution in [0, 0.1) is 12.8 Å². The summed E-state index contributed by atoms with van der Waals surface area (Å²) in [6, 6.07) is 14.3. The average Bonchev–Trinajstić information content (AvgIpc) is 3.32. The Hall–Kier alpha value is -4.34. The quantitative estimate of drug-likeness (QED) is 0.307. The molecule has 3 aromatic carbocycles. The second kappa shape index (κ2) is 10.4. The van der Waals surface area contributed by atoms with E-state index in [0.29, 0.717) is 42.4 Å². The zero-order chi connectivity index (χ0) is 27.7. The van der Waals surface area contributed by atoms with Crippen molar-refractivity contribution in [2.75, 3.05) is 13.1 Å². The first-order valence-corrected chi connectivity index (χ1v) is 12.5. The largest absolute Gasteiger partial charge is 0.478 e. The van der Waals surface area contributed by atoms with Crippen LogP contribution in [0.1, 0.15) is 44.7 Å². The number of halogens is 3. The maximum Gasteiger partial charge on any atom is 0.416 e. The fraction of sp³-hybridized carbons (Fsp3) is 0.276. The number of hydrogen-bond acceptors (Lipinski definition) is 4. The number of carbonyl (C=O) groups is 2. The molecule has 0 bridgehead atoms. The van der Waals surface area contributed by atoms with E-state index in [1.54, 1.807) is 43.3 Å². The Balaban J connectivity index is 1.15. The number of fused-ring (bicyclic) bond motifs is 1. The van der Waals surface area contributed by atoms with Crippen molar-refractivity contribution in [1.82, 2.24) is 14.7 Å². The second-order valence-corrected chi connectivity index (χ2v) is 9.71. The summed E-state index contributed by atoms with van der Waals surface area (Å²) in [6.07, 6.45) is -0.883. The number of likely N-dealkylation sites (tertiary alicyclic amines) is 1. The van der Waals surface area contributed by atoms with Crippen molar-refractivity contribution in [3.63, 3.8) is 0 Å². The molecule has 1 saturated heterocycles. The first-order valence-electron chi connectivity index (χ1n) is 12.5. The topological polar surface area (TPSA) is 84.7 Å². The van der Waals surface area contributed by atoms with E-state index in [9.17, 15) is 27.9 Å². The Morgan fingerprint density at radius 1 is 0.974 bits per heavy atom. The predicted octanol–water partition coefficient (Wildman–Crippen LogP) is 6.41. The highest BCUT2D eigenvalue weighted by atomic mass is 19.4. The minimum atomic E-state index is -4.41. The van der Waals surface area contributed by atoms with Gasteiger partial charge in [0.05, 0.1) is 16.6 Å². The molecule has 2 heterocycles. The Morgan fingerprint density at radius 2 is 1.59 bits per heavy atom. The number of carboxylic acid groups (broad SMARTS) is 1. The molecule has 0 saturated carbocycles. The van der Waals surface area contributed by atoms with Crippen molar-refractivity contribution in [1.29, 1.82) is 0 Å². The van der Waals surface area contributed by atoms with Crippen LogP contribution in [-0.4, -0.2) is 44.8 Å². The van der Waals surface area contributed by atoms with E-state index < -0.39 is 17.7 Å². The molecular formula is C29H26F3N3O4. The molecule has 10 heteroatoms. The third-order valence-electron chi connectivity index (χ3n) is 7.10. The normalized spacial score (nSPS) is 14.5. The fourth-order valence-corrected chi connectivity index (χ4v) is 4.89. The van der Waals surface area contributed by atoms with Gasteiger partial charge in [0.25, 0.3) is 5.91 Å². The lowest BCUT2D eigenvalue weighted by atomic mass is 9.96. The highest BCUT2D eigenvalue weighted by Gasteiger charge is 2.30. The molecule has 39 heavy (non-hydrogen) atoms. The molecule has 4 aromatic rings. The number of carboxylic acids is 1. The number of aromatic carboxylic acids is 1. The molecule has 1 fully saturated rings. The number of nitrogens with zero attached hydrogens (tertiary/aromatic N) is 3. The zero-order valence-electron chi connectivity index (χ0n) is 21.1. The van der Waals surface area contributed by atoms with Crippen LogP contribution >= 0.6 is 0 Å². The molecule has 7 nitrogen and oxygen atoms in total. The van der Waals surface area contributed by atoms with Gasteiger partial charge in [0.2, 0.25) is 0 Å². The fourth-order valence-electron chi connectivity index (χ4n) is 4.89. The van der Waals surface area contributed by atoms with Gasteiger partial charge in [0, 0.05) is 36.8 Å². The summed E-state index contributed by atoms with van der Waals surface area (Å²) in [5, 5.41) is 14.8. The van der Waals surface area contributed by atoms with Crippen molar-refractivity contribution in [3.05, 3.63) is 89.1 Å². The highest BCUT2D eigenvalue weighted by Crippen LogP contribution is 2.31. The van der Waals surface area contributed by atoms with Gasteiger partial charge in [-0.3, -0.25) is 9.48 Å². The summed E-state index contributed by atoms with van der Waals surface area (Å²) in [6.45, 7) is 3.69. The molecule has 0 unspecified atom stereocenters. The van der Waals surface area contributed by atoms with Gasteiger partial charge in [0.15, 0.2) is 0 Å². The lowest BCUT2D eigenvalue weighted by molar-refractivity contribution is -0.137. The molecule has 0 aliphatic carbocycles. The van der Waals surface area contributed by atoms with Crippen LogP contribution in [0.25, 0.3) is 10.9 Å². The van der Waals surface area contributed by atoms with Gasteiger partial charge in [-0.05, 0) is 91.9 Å². The van der Waals surface area contributed by atoms with Crippen LogP contribution in [0.2, 0.25) is 0 Å². The van der Waals surface area contributed by atoms with Crippen LogP contribution < -0.4 is 4.74 Å². The predicted molar refractivity (Wildman–Crippen MR) is 138 cm³/mol. The van der Waals surface area contributed by atoms with E-state index >= 15 is 0 Å². The Morgan fingerprint density at radius 3 is 2.18 bits per heavy atom. The van der Waals surface area contributed by atoms with Crippen molar-refractivity contribution in [2.45, 2.75) is 32.5 Å². The first kappa shape index (κ1) is 26.3. The molecule has 1 aliphatic rings. The van der Waals surface area contributed by atoms with Gasteiger partial charge in [-0.2, -0.15) is 18.3 Å². The van der Waals surface area contributed by atoms with Gasteiger partial charge in [-0.25, -0.2) is 4.79 Å². The van der Waals surface area contributed by atoms with Crippen molar-refractivity contribution in [2.24, 2.45) is 5.92 Å². The Labute approximate surface area is 222 Å². The number of amides is 1. The van der Waals surface area contributed by atoms with Gasteiger partial charge in [0.1, 0.15) is 11.5 Å². The number of ether oxygens (including phenoxy) is 1. The van der Waals surface area contributed by atoms with Crippen LogP contribution in [0.15, 0.2) is 66.9 Å². The minimum absolute atomic E-state index is 0.0869. The molecule has 202 valence electrons. The minimum Gasteiger partial charge on any atom is -0.478 e. The van der Waals surface area contributed by atoms with Crippen LogP contribution in [0.4, 0.5) is 13.2 Å². The molecule has 1 amide bonds. The van der Waals surface area contributed by atoms with Gasteiger partial charge in [-0.15, -0.1) is 0 Å². The van der Waals surface area contributed by atoms with E-state index in [0.717, 1.165) is 35.9 Å². The molecule has 1 aromatic heterocycles. The monoisotopic (exact) mass is 537 g/mol. The molecular weight excluding hydrogens is 511 g/mol. The second-order valence-electron chi connectivity index (χ2n) is 9.71. The number of hydrogen-bond donors (Lipinski definition) is 1. The van der Waals surface area contributed by atoms with Crippen molar-refractivity contribution in [3.8, 4) is 11.5 Å². The van der Waals surface area contributed by atoms with Crippen LogP contribution in [0.3, 0.4) is 0 Å². The number of piperidine rings is 1. The first-order chi connectivity index (χ1) is 18.6. The van der Waals surface area contributed by atoms with Gasteiger partial charge < -0.3 is 14.7 Å². The third-order valence-corrected chi connectivity index (χ3v) is 7.10. The lowest BCUT2D eigenvalue weighted by Crippen LogP contribution is -2.39. The maximum atomic E-state index is 13.0. The molecule has 1 N–H and O–H groups in total. The molecule has 5 rings (SSSR count). The summed E-state index contributed by atoms with van der Waals surface area (Å²) in [5.74, 6) is -0.0205. The molecule has 1 aliphatic heterocycles. The summed E-state index contributed by atoms with van der Waals surface area (Å²) in [5.41, 5.74) is 1.49. The van der Waals surface area contributed by atoms with Gasteiger partial charge in [-0.1, -0.05) is 0 Å². The number of aryl methyl sites for hydroxylation is 1. The average molecular weight is 538 g/mol. The third kappa shape index (κ3) is 5.74. The summed E-state index contributed by atoms with van der Waals surface area (Å²) < 4.78 is 45.7. The number of carbonyl (C=O) groups excluding carboxylic acids is 1. The number of rotatable bonds is 6. The van der Waals surface area contributed by atoms with E-state index in [2.05, 4.69) is 5.10 Å². The van der Waals surface area contributed by atoms with Gasteiger partial charge >= 0.3 is 12.1 Å². The summed E-state index contributed by atoms with van der Waals surface area (Å²) >= 11 is 0. The molecule has 0 spiro atoms. The van der Waals surface area contributed by atoms with Crippen LogP contribution in [-0.2, 0) is 12.7 Å². The van der Waals surface area contributed by atoms with E-state index in [1.807, 2.05) is 15.8 Å². The summed E-state index contributed by atoms with van der Waals surface area (Å²) in [4.78, 5) is 26.2. The van der Waals surface area contributed by atoms with Crippen molar-refractivity contribution < 1.29 is 32.6 Å². The lowest BCUT2D eigenvalue weighted by Gasteiger charge is -2.32. The highest BCUT2D eigenvalue weighted by molar-refractivity contribution is 5.96. The van der Waals surface area contributed by atoms with E-state index in [1.165, 1.54) is 12.1 Å². The standard InChI is InChI=1S/C29H26F3N3O4/c1-18-24(28(37)38)10-11-26-25(18)17-35(33-26)16-19-12-14-34(15-13-19)27(36)20-2-6-22(7-3-20)39-23-8-4-21(5-9-23)29(30,31)32/h2-11,17,19H,12-16H2,1H3,(H,37,38).